The fourth-order valence-electron chi connectivity index (χ4n) is 16.8. The van der Waals surface area contributed by atoms with Crippen LogP contribution in [0.25, 0.3) is 112 Å². The van der Waals surface area contributed by atoms with Gasteiger partial charge in [-0.3, -0.25) is 15.0 Å². The first kappa shape index (κ1) is 104. The number of benzene rings is 5. The van der Waals surface area contributed by atoms with Gasteiger partial charge in [-0.1, -0.05) is 216 Å². The molecule has 15 aromatic heterocycles. The summed E-state index contributed by atoms with van der Waals surface area (Å²) in [7, 11) is 0. The standard InChI is InChI=1S/2C23H24N6O.C22H23N7O.C22H24N6OS.C22H22N6O/c1-14(2)23(4,21-28-20(30-29-21)17-6-5-15(3)25-11-17)19-9-7-16(8-10-19)18-12-26-22(24)27-13-18;1-14(2)23(4,21-28-20(30-29-21)19-6-5-11-25-15(19)3)18-9-7-16(8-10-18)17-12-26-22(24)27-13-17;1-13(2)22(4,20-28-19(30-29-20)17-11-24-14(3)25-12-17)18-7-5-15(6-8-18)16-9-26-21(23)27-10-16;1-12(2)22(5,20-27-19(29-28-20)18-13(3)26-14(4)30-18)17-8-6-15(7-9-17)16-10-24-21(23)25-11-16;1-14(2)22(3,20-27-19(29-28-20)16-5-4-10-24-11-16)18-8-6-15(7-9-18)17-12-25-21(23)26-13-17/h2*5-14H,1-4H3,(H2,24,26,27);5-13H,1-4H3,(H2,23,26,27);6-12H,1-5H3,(H2,23,24,25);4-14H,1-3H3,(H2,23,25,26). The maximum Gasteiger partial charge on any atom is 0.269 e. The predicted octanol–water partition coefficient (Wildman–Crippen LogP) is 21.7. The highest BCUT2D eigenvalue weighted by Crippen LogP contribution is 2.46. The van der Waals surface area contributed by atoms with Gasteiger partial charge in [-0.25, -0.2) is 64.8 Å². The predicted molar refractivity (Wildman–Crippen MR) is 573 cm³/mol. The van der Waals surface area contributed by atoms with E-state index in [1.54, 1.807) is 110 Å². The van der Waals surface area contributed by atoms with Crippen LogP contribution >= 0.6 is 11.3 Å². The summed E-state index contributed by atoms with van der Waals surface area (Å²) in [5, 5.41) is 22.6. The number of anilines is 5. The Labute approximate surface area is 866 Å². The number of pyridine rings is 3. The quantitative estimate of drug-likeness (QED) is 0.0355. The molecule has 37 heteroatoms. The van der Waals surface area contributed by atoms with E-state index in [1.807, 2.05) is 95.3 Å². The monoisotopic (exact) mass is 2010 g/mol. The maximum atomic E-state index is 5.65. The molecule has 0 saturated heterocycles. The fraction of sp³-hybridized carbons (Fsp3) is 0.268. The summed E-state index contributed by atoms with van der Waals surface area (Å²) in [4.78, 5) is 90.9. The minimum absolute atomic E-state index is 0.225. The van der Waals surface area contributed by atoms with Crippen molar-refractivity contribution in [1.82, 2.24) is 130 Å². The van der Waals surface area contributed by atoms with Crippen molar-refractivity contribution in [3.63, 3.8) is 0 Å². The molecule has 0 bridgehead atoms. The van der Waals surface area contributed by atoms with E-state index in [2.05, 4.69) is 316 Å². The fourth-order valence-corrected chi connectivity index (χ4v) is 17.7. The summed E-state index contributed by atoms with van der Waals surface area (Å²) < 4.78 is 27.9. The van der Waals surface area contributed by atoms with E-state index >= 15 is 0 Å². The van der Waals surface area contributed by atoms with Crippen molar-refractivity contribution in [1.29, 1.82) is 0 Å². The van der Waals surface area contributed by atoms with Crippen LogP contribution in [0.2, 0.25) is 0 Å². The van der Waals surface area contributed by atoms with Gasteiger partial charge in [-0.2, -0.15) is 24.9 Å². The number of nitrogens with two attached hydrogens (primary N) is 5. The Kier molecular flexibility index (Phi) is 31.1. The number of aryl methyl sites for hydroxylation is 5. The van der Waals surface area contributed by atoms with Gasteiger partial charge in [-0.05, 0) is 191 Å². The lowest BCUT2D eigenvalue weighted by atomic mass is 9.72. The van der Waals surface area contributed by atoms with E-state index in [0.29, 0.717) is 70.0 Å². The van der Waals surface area contributed by atoms with Crippen molar-refractivity contribution in [3.8, 4) is 112 Å². The Hall–Kier alpha value is -17.6. The normalized spacial score (nSPS) is 13.4. The van der Waals surface area contributed by atoms with Gasteiger partial charge in [-0.15, -0.1) is 11.3 Å². The highest BCUT2D eigenvalue weighted by molar-refractivity contribution is 7.15. The molecule has 36 nitrogen and oxygen atoms in total. The third-order valence-electron chi connectivity index (χ3n) is 28.1. The molecule has 0 amide bonds. The average Bonchev–Trinajstić information content (AvgIpc) is 1.64. The van der Waals surface area contributed by atoms with Gasteiger partial charge in [0.1, 0.15) is 10.7 Å². The lowest BCUT2D eigenvalue weighted by molar-refractivity contribution is 0.350. The number of nitrogens with zero attached hydrogens (tertiary/aromatic N) is 26. The Morgan fingerprint density at radius 2 is 0.503 bits per heavy atom. The number of hydrogen-bond donors (Lipinski definition) is 5. The number of thiazole rings is 1. The summed E-state index contributed by atoms with van der Waals surface area (Å²) >= 11 is 1.57. The minimum atomic E-state index is -0.441. The Bertz CT molecular complexity index is 7650. The Morgan fingerprint density at radius 1 is 0.242 bits per heavy atom. The van der Waals surface area contributed by atoms with Crippen molar-refractivity contribution in [2.24, 2.45) is 29.6 Å². The average molecular weight is 2010 g/mol. The Balaban J connectivity index is 0.000000133. The van der Waals surface area contributed by atoms with Crippen molar-refractivity contribution >= 4 is 41.1 Å². The van der Waals surface area contributed by atoms with Crippen molar-refractivity contribution in [2.75, 3.05) is 28.7 Å². The molecule has 15 heterocycles. The zero-order valence-corrected chi connectivity index (χ0v) is 87.4. The molecule has 10 N–H and O–H groups in total. The zero-order chi connectivity index (χ0) is 106. The molecule has 20 rings (SSSR count). The second kappa shape index (κ2) is 44.5. The summed E-state index contributed by atoms with van der Waals surface area (Å²) in [5.41, 5.74) is 46.8. The molecule has 0 aliphatic heterocycles. The van der Waals surface area contributed by atoms with E-state index in [9.17, 15) is 0 Å². The van der Waals surface area contributed by atoms with Gasteiger partial charge in [0.2, 0.25) is 29.7 Å². The first-order valence-electron chi connectivity index (χ1n) is 48.5. The van der Waals surface area contributed by atoms with Crippen molar-refractivity contribution in [3.05, 3.63) is 342 Å². The van der Waals surface area contributed by atoms with Gasteiger partial charge in [0.25, 0.3) is 29.5 Å². The van der Waals surface area contributed by atoms with Crippen molar-refractivity contribution < 1.29 is 22.6 Å². The van der Waals surface area contributed by atoms with Gasteiger partial charge in [0.05, 0.1) is 60.0 Å². The van der Waals surface area contributed by atoms with Crippen LogP contribution in [-0.2, 0) is 27.1 Å². The second-order valence-corrected chi connectivity index (χ2v) is 39.9. The maximum absolute atomic E-state index is 5.65. The number of nitrogen functional groups attached to an aromatic ring is 5. The molecule has 0 saturated carbocycles. The van der Waals surface area contributed by atoms with Gasteiger partial charge in [0.15, 0.2) is 29.1 Å². The largest absolute Gasteiger partial charge is 0.368 e. The van der Waals surface area contributed by atoms with Crippen LogP contribution < -0.4 is 28.7 Å². The van der Waals surface area contributed by atoms with Crippen LogP contribution in [0.15, 0.2) is 279 Å². The van der Waals surface area contributed by atoms with Crippen LogP contribution in [0.4, 0.5) is 29.7 Å². The molecule has 5 aromatic carbocycles. The molecule has 0 aliphatic carbocycles. The van der Waals surface area contributed by atoms with Crippen LogP contribution in [0.5, 0.6) is 0 Å². The topological polar surface area (TPSA) is 531 Å². The minimum Gasteiger partial charge on any atom is -0.368 e. The summed E-state index contributed by atoms with van der Waals surface area (Å²) in [6, 6.07) is 52.8. The number of hydrogen-bond acceptors (Lipinski definition) is 37. The van der Waals surface area contributed by atoms with E-state index in [-0.39, 0.29) is 59.3 Å². The molecule has 5 unspecified atom stereocenters. The Morgan fingerprint density at radius 3 is 0.779 bits per heavy atom. The molecule has 5 atom stereocenters. The third kappa shape index (κ3) is 22.6. The summed E-state index contributed by atoms with van der Waals surface area (Å²) in [6.07, 6.45) is 27.5. The molecule has 0 spiro atoms. The van der Waals surface area contributed by atoms with Crippen LogP contribution in [-0.4, -0.2) is 130 Å². The zero-order valence-electron chi connectivity index (χ0n) is 86.6. The lowest BCUT2D eigenvalue weighted by Gasteiger charge is -2.31. The summed E-state index contributed by atoms with van der Waals surface area (Å²) in [5.74, 6) is 8.80. The van der Waals surface area contributed by atoms with E-state index in [1.165, 1.54) is 0 Å². The third-order valence-corrected chi connectivity index (χ3v) is 29.2. The molecule has 0 radical (unpaired) electrons. The first-order valence-corrected chi connectivity index (χ1v) is 49.4. The number of rotatable bonds is 25. The molecule has 149 heavy (non-hydrogen) atoms. The van der Waals surface area contributed by atoms with Crippen LogP contribution in [0.1, 0.15) is 189 Å². The molecule has 0 aliphatic rings. The van der Waals surface area contributed by atoms with Crippen LogP contribution in [0, 0.1) is 64.2 Å². The van der Waals surface area contributed by atoms with Crippen LogP contribution in [0.3, 0.4) is 0 Å². The molecule has 20 aromatic rings. The highest BCUT2D eigenvalue weighted by Gasteiger charge is 2.43. The van der Waals surface area contributed by atoms with E-state index in [4.69, 9.17) is 66.2 Å². The highest BCUT2D eigenvalue weighted by atomic mass is 32.1. The molecular formula is C112H117N31O5S. The van der Waals surface area contributed by atoms with Gasteiger partial charge < -0.3 is 51.3 Å². The summed E-state index contributed by atoms with van der Waals surface area (Å²) in [6.45, 7) is 41.9. The smallest absolute Gasteiger partial charge is 0.269 e. The number of aromatic nitrogens is 26. The van der Waals surface area contributed by atoms with Crippen molar-refractivity contribution in [2.45, 2.75) is 166 Å². The van der Waals surface area contributed by atoms with E-state index < -0.39 is 27.1 Å². The lowest BCUT2D eigenvalue weighted by Crippen LogP contribution is -2.31. The SMILES string of the molecule is CC(C)C(C)(c1ccc(-c2cnc(N)nc2)cc1)c1noc(-c2cccnc2)n1.Cc1ccc(-c2nc(C(C)(c3ccc(-c4cnc(N)nc4)cc3)C(C)C)no2)cn1.Cc1nc(C)c(-c2nc(C(C)(c3ccc(-c4cnc(N)nc4)cc3)C(C)C)no2)s1.Cc1ncc(-c2nc(C(C)(c3ccc(-c4cnc(N)nc4)cc3)C(C)C)no2)cn1.Cc1ncccc1-c1nc(C(C)(c2ccc(-c3cnc(N)nc3)cc2)C(C)C)no1. The molecule has 756 valence electrons. The molecular weight excluding hydrogens is 1890 g/mol. The second-order valence-electron chi connectivity index (χ2n) is 38.7. The van der Waals surface area contributed by atoms with Gasteiger partial charge in [0, 0.05) is 138 Å². The van der Waals surface area contributed by atoms with Gasteiger partial charge >= 0.3 is 0 Å². The first-order chi connectivity index (χ1) is 71.4. The van der Waals surface area contributed by atoms with E-state index in [0.717, 1.165) is 127 Å². The molecule has 0 fully saturated rings.